The van der Waals surface area contributed by atoms with Crippen LogP contribution in [0.3, 0.4) is 0 Å². The Balaban J connectivity index is 2.22. The molecule has 2 rings (SSSR count). The Morgan fingerprint density at radius 3 is 2.59 bits per heavy atom. The molecular weight excluding hydrogens is 288 g/mol. The first-order valence-corrected chi connectivity index (χ1v) is 7.63. The smallest absolute Gasteiger partial charge is 0.411 e. The highest BCUT2D eigenvalue weighted by Gasteiger charge is 2.56. The van der Waals surface area contributed by atoms with Crippen LogP contribution in [-0.2, 0) is 19.1 Å². The van der Waals surface area contributed by atoms with Crippen molar-refractivity contribution in [1.82, 2.24) is 10.2 Å². The van der Waals surface area contributed by atoms with Gasteiger partial charge in [0.25, 0.3) is 0 Å². The predicted molar refractivity (Wildman–Crippen MR) is 78.0 cm³/mol. The molecule has 0 bridgehead atoms. The van der Waals surface area contributed by atoms with Crippen molar-refractivity contribution in [2.75, 3.05) is 19.7 Å². The van der Waals surface area contributed by atoms with Gasteiger partial charge in [-0.15, -0.1) is 0 Å². The highest BCUT2D eigenvalue weighted by Crippen LogP contribution is 2.41. The molecule has 2 saturated heterocycles. The third-order valence-electron chi connectivity index (χ3n) is 3.99. The van der Waals surface area contributed by atoms with E-state index in [1.54, 1.807) is 27.7 Å². The summed E-state index contributed by atoms with van der Waals surface area (Å²) in [7, 11) is 0. The Hall–Kier alpha value is -1.79. The first kappa shape index (κ1) is 16.6. The van der Waals surface area contributed by atoms with Crippen molar-refractivity contribution in [2.24, 2.45) is 5.41 Å². The van der Waals surface area contributed by atoms with Gasteiger partial charge in [-0.05, 0) is 40.5 Å². The van der Waals surface area contributed by atoms with E-state index >= 15 is 0 Å². The molecule has 7 nitrogen and oxygen atoms in total. The molecule has 0 unspecified atom stereocenters. The summed E-state index contributed by atoms with van der Waals surface area (Å²) < 4.78 is 10.4. The van der Waals surface area contributed by atoms with E-state index in [-0.39, 0.29) is 25.5 Å². The minimum absolute atomic E-state index is 0.104. The number of hydrogen-bond donors (Lipinski definition) is 1. The van der Waals surface area contributed by atoms with E-state index in [0.717, 1.165) is 0 Å². The van der Waals surface area contributed by atoms with Crippen molar-refractivity contribution >= 4 is 18.0 Å². The maximum absolute atomic E-state index is 12.4. The van der Waals surface area contributed by atoms with Crippen LogP contribution < -0.4 is 5.32 Å². The average molecular weight is 312 g/mol. The number of rotatable bonds is 2. The van der Waals surface area contributed by atoms with E-state index in [1.165, 1.54) is 4.90 Å². The van der Waals surface area contributed by atoms with E-state index in [1.807, 2.05) is 0 Å². The number of hydrogen-bond acceptors (Lipinski definition) is 5. The number of amides is 2. The van der Waals surface area contributed by atoms with Gasteiger partial charge in [-0.1, -0.05) is 0 Å². The Bertz CT molecular complexity index is 485. The summed E-state index contributed by atoms with van der Waals surface area (Å²) >= 11 is 0. The number of carbonyl (C=O) groups is 3. The van der Waals surface area contributed by atoms with Gasteiger partial charge in [0, 0.05) is 13.1 Å². The van der Waals surface area contributed by atoms with Gasteiger partial charge in [0.2, 0.25) is 5.91 Å². The van der Waals surface area contributed by atoms with Crippen LogP contribution >= 0.6 is 0 Å². The Kier molecular flexibility index (Phi) is 4.35. The second kappa shape index (κ2) is 5.78. The lowest BCUT2D eigenvalue weighted by atomic mass is 9.84. The van der Waals surface area contributed by atoms with Crippen molar-refractivity contribution in [3.8, 4) is 0 Å². The molecule has 0 aromatic carbocycles. The highest BCUT2D eigenvalue weighted by atomic mass is 16.6. The lowest BCUT2D eigenvalue weighted by molar-refractivity contribution is -0.148. The first-order valence-electron chi connectivity index (χ1n) is 7.63. The second-order valence-corrected chi connectivity index (χ2v) is 6.87. The highest BCUT2D eigenvalue weighted by molar-refractivity contribution is 5.90. The van der Waals surface area contributed by atoms with Gasteiger partial charge in [0.1, 0.15) is 11.6 Å². The topological polar surface area (TPSA) is 84.9 Å². The summed E-state index contributed by atoms with van der Waals surface area (Å²) in [6, 6.07) is -0.765. The van der Waals surface area contributed by atoms with Crippen molar-refractivity contribution < 1.29 is 23.9 Å². The van der Waals surface area contributed by atoms with Gasteiger partial charge < -0.3 is 14.8 Å². The van der Waals surface area contributed by atoms with Crippen LogP contribution in [0.5, 0.6) is 0 Å². The molecular formula is C15H24N2O5. The van der Waals surface area contributed by atoms with Crippen molar-refractivity contribution in [1.29, 1.82) is 0 Å². The Labute approximate surface area is 130 Å². The zero-order valence-electron chi connectivity index (χ0n) is 13.6. The molecule has 1 spiro atoms. The van der Waals surface area contributed by atoms with Gasteiger partial charge >= 0.3 is 12.1 Å². The molecule has 2 atom stereocenters. The van der Waals surface area contributed by atoms with Gasteiger partial charge in [0.05, 0.1) is 12.0 Å². The molecule has 0 aromatic rings. The standard InChI is InChI=1S/C15H24N2O5/c1-5-21-11(18)10-8-15(6-7-16-12(15)19)9-17(10)13(20)22-14(2,3)4/h10H,5-9H2,1-4H3,(H,16,19)/t10-,15-/m0/s1. The summed E-state index contributed by atoms with van der Waals surface area (Å²) in [6.45, 7) is 7.99. The van der Waals surface area contributed by atoms with Crippen LogP contribution in [0.25, 0.3) is 0 Å². The molecule has 2 aliphatic heterocycles. The summed E-state index contributed by atoms with van der Waals surface area (Å²) in [5.41, 5.74) is -1.36. The Morgan fingerprint density at radius 1 is 1.41 bits per heavy atom. The molecule has 0 radical (unpaired) electrons. The molecule has 7 heteroatoms. The van der Waals surface area contributed by atoms with Crippen LogP contribution in [0.2, 0.25) is 0 Å². The zero-order chi connectivity index (χ0) is 16.5. The number of nitrogens with one attached hydrogen (secondary N) is 1. The molecule has 2 aliphatic rings. The normalized spacial score (nSPS) is 27.9. The van der Waals surface area contributed by atoms with E-state index < -0.39 is 29.1 Å². The molecule has 2 fully saturated rings. The molecule has 2 amide bonds. The van der Waals surface area contributed by atoms with Crippen molar-refractivity contribution in [3.05, 3.63) is 0 Å². The SMILES string of the molecule is CCOC(=O)[C@@H]1C[C@@]2(CCNC2=O)CN1C(=O)OC(C)(C)C. The quantitative estimate of drug-likeness (QED) is 0.771. The van der Waals surface area contributed by atoms with Gasteiger partial charge in [-0.25, -0.2) is 9.59 Å². The lowest BCUT2D eigenvalue weighted by Crippen LogP contribution is -2.44. The molecule has 0 saturated carbocycles. The zero-order valence-corrected chi connectivity index (χ0v) is 13.6. The Morgan fingerprint density at radius 2 is 2.09 bits per heavy atom. The molecule has 0 aliphatic carbocycles. The fourth-order valence-electron chi connectivity index (χ4n) is 3.00. The van der Waals surface area contributed by atoms with E-state index in [4.69, 9.17) is 9.47 Å². The third-order valence-corrected chi connectivity index (χ3v) is 3.99. The van der Waals surface area contributed by atoms with Gasteiger partial charge in [-0.2, -0.15) is 0 Å². The summed E-state index contributed by atoms with van der Waals surface area (Å²) in [5.74, 6) is -0.585. The third kappa shape index (κ3) is 3.18. The number of ether oxygens (including phenoxy) is 2. The number of carbonyl (C=O) groups excluding carboxylic acids is 3. The monoisotopic (exact) mass is 312 g/mol. The first-order chi connectivity index (χ1) is 10.2. The van der Waals surface area contributed by atoms with Crippen LogP contribution in [0.4, 0.5) is 4.79 Å². The van der Waals surface area contributed by atoms with Crippen molar-refractivity contribution in [3.63, 3.8) is 0 Å². The summed E-state index contributed by atoms with van der Waals surface area (Å²) in [6.07, 6.45) is 0.319. The van der Waals surface area contributed by atoms with Crippen LogP contribution in [0, 0.1) is 5.41 Å². The molecule has 124 valence electrons. The fourth-order valence-corrected chi connectivity index (χ4v) is 3.00. The molecule has 2 heterocycles. The second-order valence-electron chi connectivity index (χ2n) is 6.87. The molecule has 1 N–H and O–H groups in total. The minimum Gasteiger partial charge on any atom is -0.464 e. The van der Waals surface area contributed by atoms with Gasteiger partial charge in [-0.3, -0.25) is 9.69 Å². The predicted octanol–water partition coefficient (Wildman–Crippen LogP) is 1.07. The summed E-state index contributed by atoms with van der Waals surface area (Å²) in [5, 5.41) is 2.78. The van der Waals surface area contributed by atoms with Crippen LogP contribution in [0.15, 0.2) is 0 Å². The number of nitrogens with zero attached hydrogens (tertiary/aromatic N) is 1. The van der Waals surface area contributed by atoms with Crippen molar-refractivity contribution in [2.45, 2.75) is 52.2 Å². The maximum Gasteiger partial charge on any atom is 0.411 e. The number of likely N-dealkylation sites (tertiary alicyclic amines) is 1. The van der Waals surface area contributed by atoms with Gasteiger partial charge in [0.15, 0.2) is 0 Å². The molecule has 0 aromatic heterocycles. The lowest BCUT2D eigenvalue weighted by Gasteiger charge is -2.27. The van der Waals surface area contributed by atoms with Crippen LogP contribution in [0.1, 0.15) is 40.5 Å². The average Bonchev–Trinajstić information content (AvgIpc) is 2.94. The van der Waals surface area contributed by atoms with E-state index in [9.17, 15) is 14.4 Å². The van der Waals surface area contributed by atoms with E-state index in [0.29, 0.717) is 13.0 Å². The van der Waals surface area contributed by atoms with E-state index in [2.05, 4.69) is 5.32 Å². The maximum atomic E-state index is 12.4. The largest absolute Gasteiger partial charge is 0.464 e. The minimum atomic E-state index is -0.765. The summed E-state index contributed by atoms with van der Waals surface area (Å²) in [4.78, 5) is 38.0. The molecule has 22 heavy (non-hydrogen) atoms. The fraction of sp³-hybridized carbons (Fsp3) is 0.800. The number of esters is 1. The van der Waals surface area contributed by atoms with Crippen LogP contribution in [-0.4, -0.2) is 54.2 Å².